The molecule has 9 heteroatoms. The van der Waals surface area contributed by atoms with Crippen LogP contribution < -0.4 is 0 Å². The largest absolute Gasteiger partial charge is 0.395 e. The van der Waals surface area contributed by atoms with Gasteiger partial charge in [-0.15, -0.1) is 0 Å². The van der Waals surface area contributed by atoms with Crippen molar-refractivity contribution in [2.24, 2.45) is 0 Å². The third-order valence-electron chi connectivity index (χ3n) is 3.00. The average Bonchev–Trinajstić information content (AvgIpc) is 3.19. The zero-order chi connectivity index (χ0) is 14.9. The molecule has 0 aliphatic heterocycles. The van der Waals surface area contributed by atoms with Gasteiger partial charge in [0.2, 0.25) is 10.0 Å². The topological polar surface area (TPSA) is 101 Å². The monoisotopic (exact) mass is 320 g/mol. The summed E-state index contributed by atoms with van der Waals surface area (Å²) in [5.41, 5.74) is -0.451. The minimum atomic E-state index is -3.86. The van der Waals surface area contributed by atoms with Gasteiger partial charge in [0.25, 0.3) is 5.69 Å². The van der Waals surface area contributed by atoms with Crippen LogP contribution in [-0.4, -0.2) is 41.9 Å². The summed E-state index contributed by atoms with van der Waals surface area (Å²) in [7, 11) is -3.86. The molecule has 0 heterocycles. The first-order chi connectivity index (χ1) is 9.37. The zero-order valence-electron chi connectivity index (χ0n) is 10.4. The van der Waals surface area contributed by atoms with Gasteiger partial charge in [-0.25, -0.2) is 8.42 Å². The highest BCUT2D eigenvalue weighted by Crippen LogP contribution is 2.34. The molecule has 7 nitrogen and oxygen atoms in total. The Bertz CT molecular complexity index is 630. The molecule has 0 atom stereocenters. The molecule has 1 aromatic carbocycles. The minimum Gasteiger partial charge on any atom is -0.395 e. The molecule has 0 radical (unpaired) electrons. The van der Waals surface area contributed by atoms with Crippen molar-refractivity contribution in [2.45, 2.75) is 23.8 Å². The average molecular weight is 321 g/mol. The van der Waals surface area contributed by atoms with E-state index in [1.54, 1.807) is 0 Å². The summed E-state index contributed by atoms with van der Waals surface area (Å²) in [4.78, 5) is 9.90. The molecule has 0 aromatic heterocycles. The summed E-state index contributed by atoms with van der Waals surface area (Å²) in [6.07, 6.45) is 1.46. The Morgan fingerprint density at radius 1 is 1.45 bits per heavy atom. The van der Waals surface area contributed by atoms with E-state index in [1.165, 1.54) is 16.4 Å². The molecule has 0 unspecified atom stereocenters. The van der Waals surface area contributed by atoms with Crippen LogP contribution in [0.5, 0.6) is 0 Å². The van der Waals surface area contributed by atoms with Gasteiger partial charge < -0.3 is 5.11 Å². The Hall–Kier alpha value is -1.22. The summed E-state index contributed by atoms with van der Waals surface area (Å²) in [5, 5.41) is 19.7. The van der Waals surface area contributed by atoms with Crippen LogP contribution in [0.3, 0.4) is 0 Å². The lowest BCUT2D eigenvalue weighted by atomic mass is 10.3. The maximum Gasteiger partial charge on any atom is 0.289 e. The summed E-state index contributed by atoms with van der Waals surface area (Å²) in [6, 6.07) is 3.24. The second-order valence-corrected chi connectivity index (χ2v) is 6.74. The number of hydrogen-bond donors (Lipinski definition) is 1. The molecule has 20 heavy (non-hydrogen) atoms. The Balaban J connectivity index is 2.42. The fourth-order valence-corrected chi connectivity index (χ4v) is 3.77. The maximum atomic E-state index is 12.4. The molecule has 1 aliphatic carbocycles. The third kappa shape index (κ3) is 2.93. The smallest absolute Gasteiger partial charge is 0.289 e. The molecular weight excluding hydrogens is 308 g/mol. The van der Waals surface area contributed by atoms with Crippen LogP contribution in [0.15, 0.2) is 23.1 Å². The van der Waals surface area contributed by atoms with Crippen LogP contribution in [0.25, 0.3) is 0 Å². The molecule has 1 fully saturated rings. The second-order valence-electron chi connectivity index (χ2n) is 4.44. The van der Waals surface area contributed by atoms with E-state index in [1.807, 2.05) is 0 Å². The second kappa shape index (κ2) is 5.65. The lowest BCUT2D eigenvalue weighted by Crippen LogP contribution is -2.35. The number of sulfonamides is 1. The highest BCUT2D eigenvalue weighted by Gasteiger charge is 2.38. The normalized spacial score (nSPS) is 15.6. The number of aliphatic hydroxyl groups excluding tert-OH is 1. The number of nitro groups is 1. The molecular formula is C11H13ClN2O5S. The first-order valence-electron chi connectivity index (χ1n) is 5.94. The Morgan fingerprint density at radius 3 is 2.60 bits per heavy atom. The van der Waals surface area contributed by atoms with Gasteiger partial charge in [0.05, 0.1) is 16.4 Å². The fraction of sp³-hybridized carbons (Fsp3) is 0.455. The van der Waals surface area contributed by atoms with Crippen LogP contribution in [0.4, 0.5) is 5.69 Å². The number of benzene rings is 1. The standard InChI is InChI=1S/C11H13ClN2O5S/c12-10-4-3-9(7-11(10)14(16)17)20(18,19)13(5-6-15)8-1-2-8/h3-4,7-8,15H,1-2,5-6H2. The number of nitrogens with zero attached hydrogens (tertiary/aromatic N) is 2. The van der Waals surface area contributed by atoms with Gasteiger partial charge in [-0.3, -0.25) is 10.1 Å². The van der Waals surface area contributed by atoms with Crippen molar-refractivity contribution in [3.63, 3.8) is 0 Å². The number of nitro benzene ring substituents is 1. The van der Waals surface area contributed by atoms with Gasteiger partial charge in [0, 0.05) is 18.7 Å². The molecule has 0 amide bonds. The molecule has 0 spiro atoms. The van der Waals surface area contributed by atoms with E-state index >= 15 is 0 Å². The molecule has 1 N–H and O–H groups in total. The SMILES string of the molecule is O=[N+]([O-])c1cc(S(=O)(=O)N(CCO)C2CC2)ccc1Cl. The van der Waals surface area contributed by atoms with Gasteiger partial charge in [0.1, 0.15) is 5.02 Å². The molecule has 0 saturated heterocycles. The number of rotatable bonds is 6. The van der Waals surface area contributed by atoms with Gasteiger partial charge >= 0.3 is 0 Å². The van der Waals surface area contributed by atoms with Crippen molar-refractivity contribution < 1.29 is 18.4 Å². The number of aliphatic hydroxyl groups is 1. The van der Waals surface area contributed by atoms with E-state index in [2.05, 4.69) is 0 Å². The van der Waals surface area contributed by atoms with Crippen molar-refractivity contribution in [2.75, 3.05) is 13.2 Å². The van der Waals surface area contributed by atoms with Gasteiger partial charge in [-0.05, 0) is 25.0 Å². The Labute approximate surface area is 121 Å². The van der Waals surface area contributed by atoms with Crippen LogP contribution >= 0.6 is 11.6 Å². The van der Waals surface area contributed by atoms with E-state index in [-0.39, 0.29) is 29.1 Å². The first-order valence-corrected chi connectivity index (χ1v) is 7.76. The van der Waals surface area contributed by atoms with Crippen molar-refractivity contribution in [3.8, 4) is 0 Å². The zero-order valence-corrected chi connectivity index (χ0v) is 12.0. The summed E-state index contributed by atoms with van der Waals surface area (Å²) in [6.45, 7) is -0.325. The first kappa shape index (κ1) is 15.2. The summed E-state index contributed by atoms with van der Waals surface area (Å²) < 4.78 is 26.1. The number of halogens is 1. The van der Waals surface area contributed by atoms with E-state index in [0.717, 1.165) is 18.9 Å². The van der Waals surface area contributed by atoms with Crippen molar-refractivity contribution in [3.05, 3.63) is 33.3 Å². The van der Waals surface area contributed by atoms with Crippen LogP contribution in [0.2, 0.25) is 5.02 Å². The maximum absolute atomic E-state index is 12.4. The van der Waals surface area contributed by atoms with Crippen molar-refractivity contribution in [1.29, 1.82) is 0 Å². The molecule has 1 saturated carbocycles. The van der Waals surface area contributed by atoms with Crippen LogP contribution in [0.1, 0.15) is 12.8 Å². The summed E-state index contributed by atoms with van der Waals surface area (Å²) >= 11 is 5.67. The molecule has 1 aromatic rings. The highest BCUT2D eigenvalue weighted by atomic mass is 35.5. The lowest BCUT2D eigenvalue weighted by Gasteiger charge is -2.20. The predicted molar refractivity (Wildman–Crippen MR) is 72.1 cm³/mol. The quantitative estimate of drug-likeness (QED) is 0.630. The Kier molecular flexibility index (Phi) is 4.28. The number of hydrogen-bond acceptors (Lipinski definition) is 5. The van der Waals surface area contributed by atoms with E-state index in [4.69, 9.17) is 16.7 Å². The van der Waals surface area contributed by atoms with E-state index in [9.17, 15) is 18.5 Å². The lowest BCUT2D eigenvalue weighted by molar-refractivity contribution is -0.384. The molecule has 1 aliphatic rings. The highest BCUT2D eigenvalue weighted by molar-refractivity contribution is 7.89. The van der Waals surface area contributed by atoms with Crippen molar-refractivity contribution in [1.82, 2.24) is 4.31 Å². The van der Waals surface area contributed by atoms with Gasteiger partial charge in [-0.1, -0.05) is 11.6 Å². The van der Waals surface area contributed by atoms with Gasteiger partial charge in [0.15, 0.2) is 0 Å². The third-order valence-corrected chi connectivity index (χ3v) is 5.26. The molecule has 0 bridgehead atoms. The fourth-order valence-electron chi connectivity index (χ4n) is 1.89. The predicted octanol–water partition coefficient (Wildman–Crippen LogP) is 1.39. The van der Waals surface area contributed by atoms with E-state index in [0.29, 0.717) is 0 Å². The van der Waals surface area contributed by atoms with E-state index < -0.39 is 20.6 Å². The van der Waals surface area contributed by atoms with Crippen LogP contribution in [0, 0.1) is 10.1 Å². The minimum absolute atomic E-state index is 0.0244. The summed E-state index contributed by atoms with van der Waals surface area (Å²) in [5.74, 6) is 0. The van der Waals surface area contributed by atoms with Crippen molar-refractivity contribution >= 4 is 27.3 Å². The van der Waals surface area contributed by atoms with Crippen LogP contribution in [-0.2, 0) is 10.0 Å². The molecule has 110 valence electrons. The Morgan fingerprint density at radius 2 is 2.10 bits per heavy atom. The molecule has 2 rings (SSSR count). The van der Waals surface area contributed by atoms with Gasteiger partial charge in [-0.2, -0.15) is 4.31 Å².